The predicted molar refractivity (Wildman–Crippen MR) is 205 cm³/mol. The van der Waals surface area contributed by atoms with Gasteiger partial charge in [0.25, 0.3) is 0 Å². The minimum Gasteiger partial charge on any atom is -0.456 e. The van der Waals surface area contributed by atoms with E-state index in [0.717, 1.165) is 6.42 Å². The Balaban J connectivity index is 0.000000160. The maximum absolute atomic E-state index is 13.4. The van der Waals surface area contributed by atoms with Crippen molar-refractivity contribution in [3.63, 3.8) is 0 Å². The minimum atomic E-state index is -2.33. The van der Waals surface area contributed by atoms with Crippen molar-refractivity contribution in [3.05, 3.63) is 0 Å². The molecule has 8 heterocycles. The van der Waals surface area contributed by atoms with Crippen molar-refractivity contribution in [1.29, 1.82) is 0 Å². The maximum atomic E-state index is 13.4. The second-order valence-corrected chi connectivity index (χ2v) is 21.7. The Bertz CT molecular complexity index is 1850. The molecule has 8 aliphatic heterocycles. The molecule has 4 spiro atoms. The van der Waals surface area contributed by atoms with E-state index in [9.17, 15) is 45.3 Å². The average molecular weight is 857 g/mol. The highest BCUT2D eigenvalue weighted by Crippen LogP contribution is 2.86. The third-order valence-electron chi connectivity index (χ3n) is 18.3. The van der Waals surface area contributed by atoms with Crippen LogP contribution in [0.5, 0.6) is 0 Å². The summed E-state index contributed by atoms with van der Waals surface area (Å²) in [5.41, 5.74) is -12.1. The van der Waals surface area contributed by atoms with E-state index in [4.69, 9.17) is 37.9 Å². The van der Waals surface area contributed by atoms with Gasteiger partial charge in [0.15, 0.2) is 18.7 Å². The standard InChI is InChI=1S/C20H26O11.C20H30O6.3CH4/c1-5-12(24)28-11-8(22)18-10-6(21)7(16(2,3)4)17(18)9(23)13(25)30-15(17)31-20(18,14(26)29-10)19(5,11)27;1-10-7-23-14-6-17-13-5-11(16(2,3)4)19(17)12(21)8-24-15(19)26-18(17,9-25-13)20(10,14)22;;;/h5-12,15,21-24,27H,1-4H3;10-15,21-22H,5-9H2,1-4H3;3*1H4/t5-,6-,7+,8+,9+,10?,11?,12?,15+,17?,18?,19-,20-;10-,11+,12+,13?,14?,15+,17?,18-,19?,20-;;;/m11.../s1. The zero-order valence-electron chi connectivity index (χ0n) is 33.4. The fourth-order valence-corrected chi connectivity index (χ4v) is 16.8. The Morgan fingerprint density at radius 1 is 0.733 bits per heavy atom. The molecular formula is C43H68O17. The Morgan fingerprint density at radius 2 is 1.40 bits per heavy atom. The van der Waals surface area contributed by atoms with E-state index < -0.39 is 129 Å². The molecule has 8 saturated heterocycles. The number of aliphatic hydroxyl groups excluding tert-OH is 5. The number of hydrogen-bond acceptors (Lipinski definition) is 17. The van der Waals surface area contributed by atoms with Crippen LogP contribution in [0.4, 0.5) is 0 Å². The van der Waals surface area contributed by atoms with Gasteiger partial charge >= 0.3 is 11.9 Å². The SMILES string of the molecule is C.C.C.C[C@@H]1C(O)OC2[C@H](O)C34C5OC(=O)[C@]3(O[C@@H]3OC(=O)[C@H](O)C34[C@H](C(C)(C)C)[C@H]5O)[C@]21O.C[C@@H]1COC2CC34C5C[C@@H](C(C)(C)C)C36[C@@H](OC[C@@H]6O)O[C@@]4(CO5)[C@]21O. The molecule has 23 atom stereocenters. The third kappa shape index (κ3) is 3.73. The average Bonchev–Trinajstić information content (AvgIpc) is 4.01. The monoisotopic (exact) mass is 856 g/mol. The minimum absolute atomic E-state index is 0. The van der Waals surface area contributed by atoms with Crippen molar-refractivity contribution >= 4 is 11.9 Å². The van der Waals surface area contributed by atoms with Gasteiger partial charge < -0.3 is 73.6 Å². The molecular weight excluding hydrogens is 788 g/mol. The highest BCUT2D eigenvalue weighted by Gasteiger charge is 3.05. The van der Waals surface area contributed by atoms with Crippen molar-refractivity contribution in [2.45, 2.75) is 181 Å². The van der Waals surface area contributed by atoms with Gasteiger partial charge in [-0.1, -0.05) is 77.7 Å². The lowest BCUT2D eigenvalue weighted by Crippen LogP contribution is -2.67. The molecule has 0 aromatic heterocycles. The number of esters is 2. The highest BCUT2D eigenvalue weighted by atomic mass is 16.8. The van der Waals surface area contributed by atoms with E-state index in [0.29, 0.717) is 26.2 Å². The number of carbonyl (C=O) groups excluding carboxylic acids is 2. The van der Waals surface area contributed by atoms with E-state index in [1.54, 1.807) is 20.8 Å². The van der Waals surface area contributed by atoms with Gasteiger partial charge in [0.1, 0.15) is 29.0 Å². The first-order chi connectivity index (χ1) is 26.4. The van der Waals surface area contributed by atoms with Crippen molar-refractivity contribution in [1.82, 2.24) is 0 Å². The van der Waals surface area contributed by atoms with Gasteiger partial charge in [0.2, 0.25) is 11.9 Å². The largest absolute Gasteiger partial charge is 0.456 e. The fourth-order valence-electron chi connectivity index (χ4n) is 16.8. The maximum Gasteiger partial charge on any atom is 0.343 e. The van der Waals surface area contributed by atoms with Crippen LogP contribution in [0.3, 0.4) is 0 Å². The predicted octanol–water partition coefficient (Wildman–Crippen LogP) is 0.381. The molecule has 17 heteroatoms. The third-order valence-corrected chi connectivity index (χ3v) is 18.3. The highest BCUT2D eigenvalue weighted by molar-refractivity contribution is 5.91. The number of ether oxygens (including phenoxy) is 8. The number of hydrogen-bond donors (Lipinski definition) is 7. The first-order valence-electron chi connectivity index (χ1n) is 20.6. The molecule has 4 saturated carbocycles. The fraction of sp³-hybridized carbons (Fsp3) is 0.953. The van der Waals surface area contributed by atoms with E-state index in [-0.39, 0.29) is 51.7 Å². The van der Waals surface area contributed by atoms with Crippen molar-refractivity contribution in [3.8, 4) is 0 Å². The van der Waals surface area contributed by atoms with E-state index in [1.165, 1.54) is 6.92 Å². The second kappa shape index (κ2) is 12.2. The molecule has 0 radical (unpaired) electrons. The van der Waals surface area contributed by atoms with Crippen LogP contribution in [0.1, 0.15) is 90.5 Å². The molecule has 0 bridgehead atoms. The van der Waals surface area contributed by atoms with Gasteiger partial charge in [-0.3, -0.25) is 0 Å². The van der Waals surface area contributed by atoms with Gasteiger partial charge in [-0.15, -0.1) is 0 Å². The van der Waals surface area contributed by atoms with Gasteiger partial charge in [-0.05, 0) is 29.6 Å². The molecule has 0 amide bonds. The quantitative estimate of drug-likeness (QED) is 0.163. The van der Waals surface area contributed by atoms with E-state index in [1.807, 2.05) is 6.92 Å². The van der Waals surface area contributed by atoms with Crippen LogP contribution in [0.25, 0.3) is 0 Å². The summed E-state index contributed by atoms with van der Waals surface area (Å²) in [5, 5.41) is 79.8. The molecule has 60 heavy (non-hydrogen) atoms. The Hall–Kier alpha value is -1.58. The lowest BCUT2D eigenvalue weighted by molar-refractivity contribution is -0.244. The lowest BCUT2D eigenvalue weighted by Gasteiger charge is -2.49. The summed E-state index contributed by atoms with van der Waals surface area (Å²) in [6.45, 7) is 16.7. The molecule has 9 unspecified atom stereocenters. The normalized spacial score (nSPS) is 61.1. The molecule has 0 aromatic carbocycles. The van der Waals surface area contributed by atoms with Gasteiger partial charge in [0, 0.05) is 23.2 Å². The van der Waals surface area contributed by atoms with Crippen LogP contribution in [-0.2, 0) is 47.5 Å². The molecule has 17 nitrogen and oxygen atoms in total. The summed E-state index contributed by atoms with van der Waals surface area (Å²) in [5.74, 6) is -3.94. The van der Waals surface area contributed by atoms with E-state index >= 15 is 0 Å². The number of aliphatic hydroxyl groups is 7. The molecule has 12 rings (SSSR count). The zero-order chi connectivity index (χ0) is 41.0. The number of rotatable bonds is 0. The molecule has 4 aliphatic carbocycles. The summed E-state index contributed by atoms with van der Waals surface area (Å²) in [4.78, 5) is 26.0. The van der Waals surface area contributed by atoms with Gasteiger partial charge in [-0.2, -0.15) is 0 Å². The van der Waals surface area contributed by atoms with Crippen LogP contribution in [0, 0.1) is 56.2 Å². The summed E-state index contributed by atoms with van der Waals surface area (Å²) in [6, 6.07) is 0. The van der Waals surface area contributed by atoms with E-state index in [2.05, 4.69) is 20.8 Å². The summed E-state index contributed by atoms with van der Waals surface area (Å²) >= 11 is 0. The van der Waals surface area contributed by atoms with Crippen LogP contribution in [-0.4, -0.2) is 158 Å². The zero-order valence-corrected chi connectivity index (χ0v) is 33.4. The molecule has 0 aromatic rings. The summed E-state index contributed by atoms with van der Waals surface area (Å²) in [7, 11) is 0. The van der Waals surface area contributed by atoms with Crippen LogP contribution >= 0.6 is 0 Å². The smallest absolute Gasteiger partial charge is 0.343 e. The van der Waals surface area contributed by atoms with Gasteiger partial charge in [0.05, 0.1) is 66.6 Å². The van der Waals surface area contributed by atoms with Crippen LogP contribution < -0.4 is 0 Å². The van der Waals surface area contributed by atoms with Crippen LogP contribution in [0.15, 0.2) is 0 Å². The molecule has 7 N–H and O–H groups in total. The molecule has 342 valence electrons. The Morgan fingerprint density at radius 3 is 2.03 bits per heavy atom. The molecule has 12 aliphatic rings. The second-order valence-electron chi connectivity index (χ2n) is 21.7. The molecule has 12 fully saturated rings. The van der Waals surface area contributed by atoms with Crippen molar-refractivity contribution < 1.29 is 83.2 Å². The summed E-state index contributed by atoms with van der Waals surface area (Å²) < 4.78 is 47.6. The lowest BCUT2D eigenvalue weighted by atomic mass is 9.51. The first-order valence-corrected chi connectivity index (χ1v) is 20.6. The van der Waals surface area contributed by atoms with Crippen LogP contribution in [0.2, 0.25) is 0 Å². The summed E-state index contributed by atoms with van der Waals surface area (Å²) in [6.07, 6.45) is -10.8. The Labute approximate surface area is 351 Å². The Kier molecular flexibility index (Phi) is 9.15. The van der Waals surface area contributed by atoms with Crippen molar-refractivity contribution in [2.24, 2.45) is 56.2 Å². The topological polar surface area (TPSA) is 250 Å². The van der Waals surface area contributed by atoms with Gasteiger partial charge in [-0.25, -0.2) is 9.59 Å². The number of fused-ring (bicyclic) bond motifs is 2. The number of carbonyl (C=O) groups is 2. The first kappa shape index (κ1) is 45.0. The van der Waals surface area contributed by atoms with Crippen molar-refractivity contribution in [2.75, 3.05) is 19.8 Å².